The first-order chi connectivity index (χ1) is 9.24. The van der Waals surface area contributed by atoms with E-state index in [-0.39, 0.29) is 5.91 Å². The molecule has 0 aliphatic carbocycles. The first-order valence-electron chi connectivity index (χ1n) is 6.30. The van der Waals surface area contributed by atoms with E-state index in [9.17, 15) is 4.79 Å². The third-order valence-electron chi connectivity index (χ3n) is 3.30. The molecule has 96 valence electrons. The van der Waals surface area contributed by atoms with E-state index in [4.69, 9.17) is 0 Å². The minimum atomic E-state index is 0.0220. The molecule has 3 rings (SSSR count). The Labute approximate surface area is 112 Å². The lowest BCUT2D eigenvalue weighted by molar-refractivity contribution is -0.114. The molecule has 1 aliphatic rings. The van der Waals surface area contributed by atoms with Crippen LogP contribution in [-0.2, 0) is 18.3 Å². The Hall–Kier alpha value is -2.36. The molecule has 1 aliphatic heterocycles. The average molecular weight is 253 g/mol. The van der Waals surface area contributed by atoms with Gasteiger partial charge < -0.3 is 4.90 Å². The summed E-state index contributed by atoms with van der Waals surface area (Å²) in [4.78, 5) is 14.0. The Morgan fingerprint density at radius 3 is 3.00 bits per heavy atom. The summed E-state index contributed by atoms with van der Waals surface area (Å²) in [5, 5.41) is 4.07. The van der Waals surface area contributed by atoms with Gasteiger partial charge in [0.05, 0.1) is 6.20 Å². The minimum absolute atomic E-state index is 0.0220. The number of carbonyl (C=O) groups excluding carboxylic acids is 1. The fourth-order valence-corrected chi connectivity index (χ4v) is 2.35. The van der Waals surface area contributed by atoms with E-state index in [1.807, 2.05) is 36.3 Å². The molecule has 0 bridgehead atoms. The van der Waals surface area contributed by atoms with Gasteiger partial charge in [-0.15, -0.1) is 0 Å². The van der Waals surface area contributed by atoms with Crippen molar-refractivity contribution in [1.82, 2.24) is 9.78 Å². The largest absolute Gasteiger partial charge is 0.308 e. The molecular formula is C15H15N3O. The van der Waals surface area contributed by atoms with Crippen molar-refractivity contribution < 1.29 is 4.79 Å². The summed E-state index contributed by atoms with van der Waals surface area (Å²) in [6.45, 7) is 0.759. The lowest BCUT2D eigenvalue weighted by Gasteiger charge is -2.14. The van der Waals surface area contributed by atoms with Crippen LogP contribution in [0, 0.1) is 0 Å². The molecule has 2 heterocycles. The van der Waals surface area contributed by atoms with Gasteiger partial charge in [-0.3, -0.25) is 9.48 Å². The molecule has 4 heteroatoms. The van der Waals surface area contributed by atoms with Crippen molar-refractivity contribution in [2.75, 3.05) is 11.4 Å². The van der Waals surface area contributed by atoms with Gasteiger partial charge in [-0.1, -0.05) is 18.2 Å². The van der Waals surface area contributed by atoms with Crippen LogP contribution < -0.4 is 4.90 Å². The summed E-state index contributed by atoms with van der Waals surface area (Å²) in [6, 6.07) is 8.05. The van der Waals surface area contributed by atoms with Crippen LogP contribution in [0.3, 0.4) is 0 Å². The SMILES string of the molecule is Cn1cc(/C=C\C(=O)N2CCc3ccccc32)cn1. The number of aryl methyl sites for hydroxylation is 1. The average Bonchev–Trinajstić information content (AvgIpc) is 3.02. The molecule has 0 N–H and O–H groups in total. The smallest absolute Gasteiger partial charge is 0.251 e. The minimum Gasteiger partial charge on any atom is -0.308 e. The van der Waals surface area contributed by atoms with E-state index < -0.39 is 0 Å². The maximum atomic E-state index is 12.2. The molecule has 0 unspecified atom stereocenters. The highest BCUT2D eigenvalue weighted by Gasteiger charge is 2.22. The van der Waals surface area contributed by atoms with E-state index in [1.54, 1.807) is 23.0 Å². The second-order valence-corrected chi connectivity index (χ2v) is 4.65. The normalized spacial score (nSPS) is 14.1. The van der Waals surface area contributed by atoms with Gasteiger partial charge in [0, 0.05) is 37.1 Å². The molecule has 0 spiro atoms. The molecule has 0 saturated carbocycles. The predicted molar refractivity (Wildman–Crippen MR) is 74.7 cm³/mol. The van der Waals surface area contributed by atoms with Crippen molar-refractivity contribution in [3.8, 4) is 0 Å². The number of nitrogens with zero attached hydrogens (tertiary/aromatic N) is 3. The Morgan fingerprint density at radius 1 is 1.37 bits per heavy atom. The van der Waals surface area contributed by atoms with Crippen LogP contribution in [0.15, 0.2) is 42.7 Å². The van der Waals surface area contributed by atoms with Crippen LogP contribution in [0.25, 0.3) is 6.08 Å². The van der Waals surface area contributed by atoms with Gasteiger partial charge in [0.15, 0.2) is 0 Å². The maximum Gasteiger partial charge on any atom is 0.251 e. The highest BCUT2D eigenvalue weighted by molar-refractivity contribution is 6.05. The summed E-state index contributed by atoms with van der Waals surface area (Å²) >= 11 is 0. The van der Waals surface area contributed by atoms with E-state index in [2.05, 4.69) is 11.2 Å². The molecule has 2 aromatic rings. The topological polar surface area (TPSA) is 38.1 Å². The van der Waals surface area contributed by atoms with Gasteiger partial charge in [0.2, 0.25) is 0 Å². The number of fused-ring (bicyclic) bond motifs is 1. The fourth-order valence-electron chi connectivity index (χ4n) is 2.35. The lowest BCUT2D eigenvalue weighted by Crippen LogP contribution is -2.26. The molecular weight excluding hydrogens is 238 g/mol. The Bertz CT molecular complexity index is 642. The van der Waals surface area contributed by atoms with Crippen LogP contribution in [0.5, 0.6) is 0 Å². The summed E-state index contributed by atoms with van der Waals surface area (Å²) in [6.07, 6.45) is 7.96. The zero-order chi connectivity index (χ0) is 13.2. The molecule has 0 atom stereocenters. The zero-order valence-corrected chi connectivity index (χ0v) is 10.8. The lowest BCUT2D eigenvalue weighted by atomic mass is 10.2. The first-order valence-corrected chi connectivity index (χ1v) is 6.30. The number of rotatable bonds is 2. The third kappa shape index (κ3) is 2.29. The number of aromatic nitrogens is 2. The van der Waals surface area contributed by atoms with Crippen LogP contribution in [0.4, 0.5) is 5.69 Å². The monoisotopic (exact) mass is 253 g/mol. The van der Waals surface area contributed by atoms with Gasteiger partial charge in [0.1, 0.15) is 0 Å². The summed E-state index contributed by atoms with van der Waals surface area (Å²) in [7, 11) is 1.86. The fraction of sp³-hybridized carbons (Fsp3) is 0.200. The van der Waals surface area contributed by atoms with Crippen LogP contribution in [-0.4, -0.2) is 22.2 Å². The van der Waals surface area contributed by atoms with E-state index in [0.717, 1.165) is 24.2 Å². The van der Waals surface area contributed by atoms with Gasteiger partial charge >= 0.3 is 0 Å². The standard InChI is InChI=1S/C15H15N3O/c1-17-11-12(10-16-17)6-7-15(19)18-9-8-13-4-2-3-5-14(13)18/h2-7,10-11H,8-9H2,1H3/b7-6-. The number of anilines is 1. The molecule has 1 aromatic heterocycles. The number of hydrogen-bond donors (Lipinski definition) is 0. The van der Waals surface area contributed by atoms with Gasteiger partial charge in [-0.05, 0) is 24.1 Å². The van der Waals surface area contributed by atoms with Gasteiger partial charge in [-0.25, -0.2) is 0 Å². The molecule has 4 nitrogen and oxygen atoms in total. The zero-order valence-electron chi connectivity index (χ0n) is 10.8. The highest BCUT2D eigenvalue weighted by atomic mass is 16.2. The Balaban J connectivity index is 1.77. The summed E-state index contributed by atoms with van der Waals surface area (Å²) < 4.78 is 1.72. The number of hydrogen-bond acceptors (Lipinski definition) is 2. The van der Waals surface area contributed by atoms with Crippen LogP contribution in [0.1, 0.15) is 11.1 Å². The summed E-state index contributed by atoms with van der Waals surface area (Å²) in [5.74, 6) is 0.0220. The van der Waals surface area contributed by atoms with Gasteiger partial charge in [-0.2, -0.15) is 5.10 Å². The molecule has 0 fully saturated rings. The molecule has 0 saturated heterocycles. The predicted octanol–water partition coefficient (Wildman–Crippen LogP) is 2.02. The van der Waals surface area contributed by atoms with Crippen LogP contribution in [0.2, 0.25) is 0 Å². The molecule has 0 radical (unpaired) electrons. The van der Waals surface area contributed by atoms with Crippen LogP contribution >= 0.6 is 0 Å². The van der Waals surface area contributed by atoms with E-state index in [0.29, 0.717) is 0 Å². The quantitative estimate of drug-likeness (QED) is 0.768. The third-order valence-corrected chi connectivity index (χ3v) is 3.30. The molecule has 1 amide bonds. The van der Waals surface area contributed by atoms with Crippen molar-refractivity contribution in [2.45, 2.75) is 6.42 Å². The number of para-hydroxylation sites is 1. The Morgan fingerprint density at radius 2 is 2.21 bits per heavy atom. The Kier molecular flexibility index (Phi) is 2.91. The van der Waals surface area contributed by atoms with Crippen molar-refractivity contribution in [3.05, 3.63) is 53.9 Å². The number of carbonyl (C=O) groups is 1. The van der Waals surface area contributed by atoms with Gasteiger partial charge in [0.25, 0.3) is 5.91 Å². The molecule has 1 aromatic carbocycles. The second kappa shape index (κ2) is 4.72. The van der Waals surface area contributed by atoms with Crippen molar-refractivity contribution in [1.29, 1.82) is 0 Å². The van der Waals surface area contributed by atoms with Crippen molar-refractivity contribution >= 4 is 17.7 Å². The van der Waals surface area contributed by atoms with E-state index >= 15 is 0 Å². The highest BCUT2D eigenvalue weighted by Crippen LogP contribution is 2.27. The van der Waals surface area contributed by atoms with Crippen molar-refractivity contribution in [3.63, 3.8) is 0 Å². The number of amides is 1. The van der Waals surface area contributed by atoms with Crippen molar-refractivity contribution in [2.24, 2.45) is 7.05 Å². The number of benzene rings is 1. The maximum absolute atomic E-state index is 12.2. The first kappa shape index (κ1) is 11.7. The summed E-state index contributed by atoms with van der Waals surface area (Å²) in [5.41, 5.74) is 3.21. The second-order valence-electron chi connectivity index (χ2n) is 4.65. The molecule has 19 heavy (non-hydrogen) atoms. The van der Waals surface area contributed by atoms with E-state index in [1.165, 1.54) is 5.56 Å².